The molecular formula is C30H28N4O4. The van der Waals surface area contributed by atoms with Gasteiger partial charge in [-0.1, -0.05) is 37.3 Å². The van der Waals surface area contributed by atoms with Crippen molar-refractivity contribution in [1.82, 2.24) is 15.2 Å². The highest BCUT2D eigenvalue weighted by Crippen LogP contribution is 2.38. The van der Waals surface area contributed by atoms with E-state index < -0.39 is 0 Å². The molecule has 8 heteroatoms. The van der Waals surface area contributed by atoms with Crippen LogP contribution in [-0.2, 0) is 0 Å². The molecule has 8 nitrogen and oxygen atoms in total. The summed E-state index contributed by atoms with van der Waals surface area (Å²) in [6.45, 7) is 3.36. The summed E-state index contributed by atoms with van der Waals surface area (Å²) in [6.07, 6.45) is 2.76. The monoisotopic (exact) mass is 508 g/mol. The second-order valence-corrected chi connectivity index (χ2v) is 9.83. The van der Waals surface area contributed by atoms with Crippen LogP contribution < -0.4 is 14.8 Å². The van der Waals surface area contributed by atoms with Gasteiger partial charge in [0.25, 0.3) is 11.8 Å². The Balaban J connectivity index is 1.16. The topological polar surface area (TPSA) is 93.1 Å². The highest BCUT2D eigenvalue weighted by Gasteiger charge is 2.35. The van der Waals surface area contributed by atoms with E-state index in [1.807, 2.05) is 53.6 Å². The van der Waals surface area contributed by atoms with Gasteiger partial charge < -0.3 is 19.7 Å². The number of carbonyl (C=O) groups excluding carboxylic acids is 2. The largest absolute Gasteiger partial charge is 0.493 e. The van der Waals surface area contributed by atoms with Gasteiger partial charge in [-0.15, -0.1) is 0 Å². The molecule has 0 saturated carbocycles. The number of fused-ring (bicyclic) bond motifs is 4. The van der Waals surface area contributed by atoms with Crippen LogP contribution in [0.4, 0.5) is 5.69 Å². The number of ether oxygens (including phenoxy) is 2. The van der Waals surface area contributed by atoms with Gasteiger partial charge >= 0.3 is 0 Å². The number of benzene rings is 3. The number of carbonyl (C=O) groups is 2. The Labute approximate surface area is 220 Å². The maximum Gasteiger partial charge on any atom is 0.256 e. The Morgan fingerprint density at radius 2 is 1.92 bits per heavy atom. The van der Waals surface area contributed by atoms with Crippen molar-refractivity contribution in [3.63, 3.8) is 0 Å². The summed E-state index contributed by atoms with van der Waals surface area (Å²) in [5.74, 6) is 1.11. The van der Waals surface area contributed by atoms with Gasteiger partial charge in [0.1, 0.15) is 6.61 Å². The molecule has 0 bridgehead atoms. The van der Waals surface area contributed by atoms with E-state index in [-0.39, 0.29) is 31.0 Å². The number of amides is 2. The maximum atomic E-state index is 13.2. The third-order valence-electron chi connectivity index (χ3n) is 7.15. The van der Waals surface area contributed by atoms with Crippen molar-refractivity contribution in [2.24, 2.45) is 10.9 Å². The molecule has 0 aliphatic carbocycles. The highest BCUT2D eigenvalue weighted by molar-refractivity contribution is 6.07. The Morgan fingerprint density at radius 3 is 2.79 bits per heavy atom. The zero-order valence-corrected chi connectivity index (χ0v) is 21.3. The first-order valence-electron chi connectivity index (χ1n) is 12.8. The zero-order valence-electron chi connectivity index (χ0n) is 21.3. The predicted octanol–water partition coefficient (Wildman–Crippen LogP) is 4.77. The summed E-state index contributed by atoms with van der Waals surface area (Å²) in [5.41, 5.74) is 3.08. The molecule has 192 valence electrons. The lowest BCUT2D eigenvalue weighted by molar-refractivity contribution is 0.0769. The van der Waals surface area contributed by atoms with E-state index >= 15 is 0 Å². The van der Waals surface area contributed by atoms with E-state index in [0.29, 0.717) is 39.7 Å². The van der Waals surface area contributed by atoms with E-state index in [2.05, 4.69) is 17.2 Å². The quantitative estimate of drug-likeness (QED) is 0.299. The van der Waals surface area contributed by atoms with Crippen LogP contribution in [0.5, 0.6) is 11.5 Å². The molecule has 38 heavy (non-hydrogen) atoms. The molecule has 0 radical (unpaired) electrons. The number of aliphatic imine (C=N–C) groups is 1. The second-order valence-electron chi connectivity index (χ2n) is 9.83. The van der Waals surface area contributed by atoms with Gasteiger partial charge in [-0.05, 0) is 36.6 Å². The van der Waals surface area contributed by atoms with Crippen molar-refractivity contribution in [2.75, 3.05) is 26.8 Å². The van der Waals surface area contributed by atoms with E-state index in [9.17, 15) is 9.59 Å². The molecule has 1 aromatic heterocycles. The molecule has 0 unspecified atom stereocenters. The first-order valence-corrected chi connectivity index (χ1v) is 12.8. The molecule has 2 amide bonds. The van der Waals surface area contributed by atoms with Crippen molar-refractivity contribution in [3.05, 3.63) is 71.8 Å². The van der Waals surface area contributed by atoms with Crippen molar-refractivity contribution in [2.45, 2.75) is 19.4 Å². The van der Waals surface area contributed by atoms with Gasteiger partial charge in [0.15, 0.2) is 11.5 Å². The average Bonchev–Trinajstić information content (AvgIpc) is 3.27. The Morgan fingerprint density at radius 1 is 1.08 bits per heavy atom. The molecule has 3 heterocycles. The minimum Gasteiger partial charge on any atom is -0.493 e. The Hall–Kier alpha value is -4.46. The molecule has 1 fully saturated rings. The average molecular weight is 509 g/mol. The van der Waals surface area contributed by atoms with Gasteiger partial charge in [-0.25, -0.2) is 4.98 Å². The van der Waals surface area contributed by atoms with Crippen LogP contribution in [0, 0.1) is 5.92 Å². The number of aromatic nitrogens is 1. The number of para-hydroxylation sites is 2. The second kappa shape index (κ2) is 9.78. The molecule has 2 aliphatic heterocycles. The SMILES string of the molecule is COc1cc2c(cc1OCCNC(=O)c1cccc3cc4ccccc4nc13)N=C[C@@H]1C[C@@H](C)CN1C2=O. The summed E-state index contributed by atoms with van der Waals surface area (Å²) >= 11 is 0. The Bertz CT molecular complexity index is 1600. The van der Waals surface area contributed by atoms with Crippen molar-refractivity contribution >= 4 is 45.5 Å². The molecule has 2 aliphatic rings. The number of nitrogens with one attached hydrogen (secondary N) is 1. The van der Waals surface area contributed by atoms with Crippen molar-refractivity contribution < 1.29 is 19.1 Å². The van der Waals surface area contributed by atoms with Gasteiger partial charge in [0.05, 0.1) is 47.5 Å². The fourth-order valence-corrected chi connectivity index (χ4v) is 5.29. The Kier molecular flexibility index (Phi) is 6.15. The summed E-state index contributed by atoms with van der Waals surface area (Å²) in [4.78, 5) is 37.4. The summed E-state index contributed by atoms with van der Waals surface area (Å²) < 4.78 is 11.5. The molecule has 1 N–H and O–H groups in total. The van der Waals surface area contributed by atoms with Crippen molar-refractivity contribution in [3.8, 4) is 11.5 Å². The smallest absolute Gasteiger partial charge is 0.256 e. The number of rotatable bonds is 6. The van der Waals surface area contributed by atoms with Crippen LogP contribution in [0.15, 0.2) is 65.7 Å². The molecule has 6 rings (SSSR count). The third-order valence-corrected chi connectivity index (χ3v) is 7.15. The lowest BCUT2D eigenvalue weighted by atomic mass is 10.1. The van der Waals surface area contributed by atoms with Crippen molar-refractivity contribution in [1.29, 1.82) is 0 Å². The van der Waals surface area contributed by atoms with Crippen LogP contribution in [0.25, 0.3) is 21.8 Å². The van der Waals surface area contributed by atoms with Crippen LogP contribution in [0.2, 0.25) is 0 Å². The molecule has 4 aromatic rings. The maximum absolute atomic E-state index is 13.2. The van der Waals surface area contributed by atoms with Gasteiger partial charge in [0.2, 0.25) is 0 Å². The number of nitrogens with zero attached hydrogens (tertiary/aromatic N) is 3. The summed E-state index contributed by atoms with van der Waals surface area (Å²) in [7, 11) is 1.54. The van der Waals surface area contributed by atoms with Gasteiger partial charge in [0, 0.05) is 29.6 Å². The summed E-state index contributed by atoms with van der Waals surface area (Å²) in [6, 6.07) is 18.9. The fourth-order valence-electron chi connectivity index (χ4n) is 5.29. The minimum absolute atomic E-state index is 0.0111. The lowest BCUT2D eigenvalue weighted by Crippen LogP contribution is -2.35. The van der Waals surface area contributed by atoms with Crippen LogP contribution in [0.3, 0.4) is 0 Å². The number of pyridine rings is 1. The standard InChI is InChI=1S/C30H28N4O4/c1-18-12-21-16-32-25-15-27(26(37-2)14-23(25)30(36)34(21)17-18)38-11-10-31-29(35)22-8-5-7-20-13-19-6-3-4-9-24(19)33-28(20)22/h3-9,13-16,18,21H,10-12,17H2,1-2H3,(H,31,35)/t18-,21+/m1/s1. The van der Waals surface area contributed by atoms with Crippen LogP contribution in [0.1, 0.15) is 34.1 Å². The number of hydrogen-bond acceptors (Lipinski definition) is 6. The predicted molar refractivity (Wildman–Crippen MR) is 147 cm³/mol. The van der Waals surface area contributed by atoms with E-state index in [1.54, 1.807) is 25.3 Å². The zero-order chi connectivity index (χ0) is 26.2. The van der Waals surface area contributed by atoms with Crippen LogP contribution in [-0.4, -0.2) is 60.8 Å². The fraction of sp³-hybridized carbons (Fsp3) is 0.267. The molecule has 2 atom stereocenters. The van der Waals surface area contributed by atoms with E-state index in [0.717, 1.165) is 29.3 Å². The minimum atomic E-state index is -0.221. The third kappa shape index (κ3) is 4.32. The number of methoxy groups -OCH3 is 1. The highest BCUT2D eigenvalue weighted by atomic mass is 16.5. The van der Waals surface area contributed by atoms with E-state index in [4.69, 9.17) is 14.5 Å². The summed E-state index contributed by atoms with van der Waals surface area (Å²) in [5, 5.41) is 4.86. The molecule has 1 saturated heterocycles. The number of hydrogen-bond donors (Lipinski definition) is 1. The molecular weight excluding hydrogens is 480 g/mol. The normalized spacial score (nSPS) is 18.3. The first kappa shape index (κ1) is 23.9. The van der Waals surface area contributed by atoms with Gasteiger partial charge in [-0.3, -0.25) is 14.6 Å². The molecule has 3 aromatic carbocycles. The lowest BCUT2D eigenvalue weighted by Gasteiger charge is -2.20. The van der Waals surface area contributed by atoms with E-state index in [1.165, 1.54) is 0 Å². The van der Waals surface area contributed by atoms with Crippen LogP contribution >= 0.6 is 0 Å². The van der Waals surface area contributed by atoms with Gasteiger partial charge in [-0.2, -0.15) is 0 Å². The molecule has 0 spiro atoms. The first-order chi connectivity index (χ1) is 18.5.